The van der Waals surface area contributed by atoms with Gasteiger partial charge in [0.2, 0.25) is 17.7 Å². The van der Waals surface area contributed by atoms with E-state index in [4.69, 9.17) is 10.3 Å². The Morgan fingerprint density at radius 1 is 1.29 bits per heavy atom. The van der Waals surface area contributed by atoms with Crippen molar-refractivity contribution in [3.05, 3.63) is 11.7 Å². The van der Waals surface area contributed by atoms with Crippen LogP contribution in [-0.2, 0) is 9.59 Å². The van der Waals surface area contributed by atoms with Crippen LogP contribution in [0.1, 0.15) is 57.2 Å². The van der Waals surface area contributed by atoms with Crippen LogP contribution in [0.2, 0.25) is 0 Å². The summed E-state index contributed by atoms with van der Waals surface area (Å²) in [7, 11) is 0. The molecule has 4 N–H and O–H groups in total. The van der Waals surface area contributed by atoms with Crippen molar-refractivity contribution in [3.8, 4) is 0 Å². The van der Waals surface area contributed by atoms with Gasteiger partial charge < -0.3 is 20.9 Å². The van der Waals surface area contributed by atoms with Crippen molar-refractivity contribution in [2.24, 2.45) is 11.7 Å². The molecule has 0 aliphatic heterocycles. The van der Waals surface area contributed by atoms with Gasteiger partial charge in [0, 0.05) is 12.0 Å². The normalized spacial score (nSPS) is 22.2. The van der Waals surface area contributed by atoms with E-state index in [0.717, 1.165) is 25.7 Å². The lowest BCUT2D eigenvalue weighted by atomic mass is 9.86. The molecule has 24 heavy (non-hydrogen) atoms. The summed E-state index contributed by atoms with van der Waals surface area (Å²) < 4.78 is 5.22. The number of carbonyl (C=O) groups excluding carboxylic acids is 2. The fourth-order valence-corrected chi connectivity index (χ4v) is 2.83. The Labute approximate surface area is 141 Å². The second-order valence-electron chi connectivity index (χ2n) is 6.78. The Hall–Kier alpha value is -1.96. The maximum atomic E-state index is 12.0. The predicted molar refractivity (Wildman–Crippen MR) is 88.0 cm³/mol. The molecule has 8 heteroatoms. The van der Waals surface area contributed by atoms with E-state index >= 15 is 0 Å². The van der Waals surface area contributed by atoms with E-state index in [0.29, 0.717) is 11.7 Å². The van der Waals surface area contributed by atoms with Gasteiger partial charge in [-0.3, -0.25) is 9.59 Å². The van der Waals surface area contributed by atoms with Gasteiger partial charge in [-0.05, 0) is 38.5 Å². The molecule has 0 saturated heterocycles. The summed E-state index contributed by atoms with van der Waals surface area (Å²) in [6.07, 6.45) is 3.52. The molecule has 1 aromatic heterocycles. The van der Waals surface area contributed by atoms with E-state index in [1.54, 1.807) is 6.92 Å². The Kier molecular flexibility index (Phi) is 6.30. The SMILES string of the molecule is Cc1noc(C2CCC(NC(=O)CNC(=O)[C@@H](N)C(C)C)CC2)n1. The van der Waals surface area contributed by atoms with Crippen LogP contribution >= 0.6 is 0 Å². The lowest BCUT2D eigenvalue weighted by molar-refractivity contribution is -0.127. The van der Waals surface area contributed by atoms with Gasteiger partial charge in [0.15, 0.2) is 5.82 Å². The molecule has 0 unspecified atom stereocenters. The first kappa shape index (κ1) is 18.4. The highest BCUT2D eigenvalue weighted by Gasteiger charge is 2.27. The average molecular weight is 337 g/mol. The van der Waals surface area contributed by atoms with Crippen molar-refractivity contribution in [3.63, 3.8) is 0 Å². The quantitative estimate of drug-likeness (QED) is 0.699. The summed E-state index contributed by atoms with van der Waals surface area (Å²) >= 11 is 0. The molecule has 1 fully saturated rings. The zero-order valence-electron chi connectivity index (χ0n) is 14.5. The lowest BCUT2D eigenvalue weighted by Gasteiger charge is -2.27. The van der Waals surface area contributed by atoms with Crippen LogP contribution in [-0.4, -0.2) is 40.6 Å². The molecule has 1 saturated carbocycles. The second-order valence-corrected chi connectivity index (χ2v) is 6.78. The Morgan fingerprint density at radius 3 is 2.50 bits per heavy atom. The fourth-order valence-electron chi connectivity index (χ4n) is 2.83. The van der Waals surface area contributed by atoms with Gasteiger partial charge >= 0.3 is 0 Å². The molecule has 2 amide bonds. The topological polar surface area (TPSA) is 123 Å². The largest absolute Gasteiger partial charge is 0.352 e. The molecule has 8 nitrogen and oxygen atoms in total. The Bertz CT molecular complexity index is 564. The summed E-state index contributed by atoms with van der Waals surface area (Å²) in [6, 6.07) is -0.473. The lowest BCUT2D eigenvalue weighted by Crippen LogP contribution is -2.48. The number of nitrogens with one attached hydrogen (secondary N) is 2. The van der Waals surface area contributed by atoms with Gasteiger partial charge in [-0.2, -0.15) is 4.98 Å². The number of hydrogen-bond acceptors (Lipinski definition) is 6. The number of carbonyl (C=O) groups is 2. The first-order valence-corrected chi connectivity index (χ1v) is 8.49. The molecule has 1 aliphatic carbocycles. The number of aromatic nitrogens is 2. The fraction of sp³-hybridized carbons (Fsp3) is 0.750. The van der Waals surface area contributed by atoms with Crippen LogP contribution in [0.5, 0.6) is 0 Å². The highest BCUT2D eigenvalue weighted by Crippen LogP contribution is 2.31. The number of amides is 2. The standard InChI is InChI=1S/C16H27N5O3/c1-9(2)14(17)15(23)18-8-13(22)20-12-6-4-11(5-7-12)16-19-10(3)21-24-16/h9,11-12,14H,4-8,17H2,1-3H3,(H,18,23)(H,20,22)/t11?,12?,14-/m0/s1. The third kappa shape index (κ3) is 5.02. The van der Waals surface area contributed by atoms with Gasteiger partial charge in [-0.1, -0.05) is 19.0 Å². The monoisotopic (exact) mass is 337 g/mol. The van der Waals surface area contributed by atoms with Crippen molar-refractivity contribution in [1.29, 1.82) is 0 Å². The molecular weight excluding hydrogens is 310 g/mol. The van der Waals surface area contributed by atoms with Gasteiger partial charge in [-0.15, -0.1) is 0 Å². The molecular formula is C16H27N5O3. The van der Waals surface area contributed by atoms with Gasteiger partial charge in [0.1, 0.15) is 0 Å². The summed E-state index contributed by atoms with van der Waals surface area (Å²) in [4.78, 5) is 28.0. The molecule has 1 aromatic rings. The molecule has 1 aliphatic rings. The van der Waals surface area contributed by atoms with E-state index < -0.39 is 6.04 Å². The van der Waals surface area contributed by atoms with Crippen LogP contribution < -0.4 is 16.4 Å². The smallest absolute Gasteiger partial charge is 0.239 e. The number of rotatable bonds is 6. The van der Waals surface area contributed by atoms with E-state index in [-0.39, 0.29) is 36.2 Å². The molecule has 1 heterocycles. The molecule has 0 spiro atoms. The highest BCUT2D eigenvalue weighted by atomic mass is 16.5. The number of nitrogens with zero attached hydrogens (tertiary/aromatic N) is 2. The third-order valence-corrected chi connectivity index (χ3v) is 4.43. The molecule has 1 atom stereocenters. The molecule has 0 radical (unpaired) electrons. The van der Waals surface area contributed by atoms with Gasteiger partial charge in [0.05, 0.1) is 12.6 Å². The van der Waals surface area contributed by atoms with Crippen molar-refractivity contribution >= 4 is 11.8 Å². The molecule has 0 bridgehead atoms. The average Bonchev–Trinajstić information content (AvgIpc) is 2.99. The number of aryl methyl sites for hydroxylation is 1. The maximum absolute atomic E-state index is 12.0. The third-order valence-electron chi connectivity index (χ3n) is 4.43. The Morgan fingerprint density at radius 2 is 1.96 bits per heavy atom. The summed E-state index contributed by atoms with van der Waals surface area (Å²) in [5, 5.41) is 9.36. The van der Waals surface area contributed by atoms with E-state index in [1.807, 2.05) is 13.8 Å². The minimum Gasteiger partial charge on any atom is -0.352 e. The second kappa shape index (κ2) is 8.23. The van der Waals surface area contributed by atoms with E-state index in [9.17, 15) is 9.59 Å². The molecule has 2 rings (SSSR count). The maximum Gasteiger partial charge on any atom is 0.239 e. The van der Waals surface area contributed by atoms with Crippen LogP contribution in [0.3, 0.4) is 0 Å². The summed E-state index contributed by atoms with van der Waals surface area (Å²) in [6.45, 7) is 5.50. The minimum atomic E-state index is -0.592. The zero-order chi connectivity index (χ0) is 17.7. The van der Waals surface area contributed by atoms with Crippen molar-refractivity contribution in [2.45, 2.75) is 64.5 Å². The first-order chi connectivity index (χ1) is 11.4. The minimum absolute atomic E-state index is 0.0386. The van der Waals surface area contributed by atoms with Crippen LogP contribution in [0.15, 0.2) is 4.52 Å². The summed E-state index contributed by atoms with van der Waals surface area (Å²) in [5.74, 6) is 1.16. The van der Waals surface area contributed by atoms with Crippen molar-refractivity contribution in [1.82, 2.24) is 20.8 Å². The zero-order valence-corrected chi connectivity index (χ0v) is 14.5. The van der Waals surface area contributed by atoms with Gasteiger partial charge in [0.25, 0.3) is 0 Å². The summed E-state index contributed by atoms with van der Waals surface area (Å²) in [5.41, 5.74) is 5.74. The van der Waals surface area contributed by atoms with Crippen molar-refractivity contribution < 1.29 is 14.1 Å². The first-order valence-electron chi connectivity index (χ1n) is 8.49. The number of hydrogen-bond donors (Lipinski definition) is 3. The molecule has 0 aromatic carbocycles. The van der Waals surface area contributed by atoms with Crippen LogP contribution in [0, 0.1) is 12.8 Å². The van der Waals surface area contributed by atoms with E-state index in [1.165, 1.54) is 0 Å². The van der Waals surface area contributed by atoms with E-state index in [2.05, 4.69) is 20.8 Å². The van der Waals surface area contributed by atoms with Crippen LogP contribution in [0.25, 0.3) is 0 Å². The molecule has 134 valence electrons. The van der Waals surface area contributed by atoms with Gasteiger partial charge in [-0.25, -0.2) is 0 Å². The highest BCUT2D eigenvalue weighted by molar-refractivity contribution is 5.87. The van der Waals surface area contributed by atoms with Crippen molar-refractivity contribution in [2.75, 3.05) is 6.54 Å². The number of nitrogens with two attached hydrogens (primary N) is 1. The predicted octanol–water partition coefficient (Wildman–Crippen LogP) is 0.620. The Balaban J connectivity index is 1.69. The van der Waals surface area contributed by atoms with Crippen LogP contribution in [0.4, 0.5) is 0 Å².